The summed E-state index contributed by atoms with van der Waals surface area (Å²) in [5.74, 6) is -0.291. The molecule has 3 aromatic rings. The third kappa shape index (κ3) is 5.43. The standard InChI is InChI=1S/C31H30N4O2S/c1-20-11-10-14-24(17-20)29-28(30(37)34-25-15-8-5-9-16-25)22(3)33-31-35(29)26(19-38-31)18-27(36)32-21(2)23-12-6-4-7-13-23/h4-17,19,21,29H,18H2,1-3H3,(H,32,36)(H,34,37). The maximum absolute atomic E-state index is 13.7. The number of benzene rings is 3. The molecule has 2 unspecified atom stereocenters. The molecule has 192 valence electrons. The first-order chi connectivity index (χ1) is 18.4. The van der Waals surface area contributed by atoms with Gasteiger partial charge in [-0.25, -0.2) is 4.99 Å². The number of amidine groups is 1. The molecule has 0 radical (unpaired) electrons. The molecule has 2 aliphatic heterocycles. The first-order valence-corrected chi connectivity index (χ1v) is 13.5. The zero-order chi connectivity index (χ0) is 26.6. The molecule has 38 heavy (non-hydrogen) atoms. The van der Waals surface area contributed by atoms with Gasteiger partial charge in [-0.3, -0.25) is 9.59 Å². The van der Waals surface area contributed by atoms with Crippen molar-refractivity contribution in [3.63, 3.8) is 0 Å². The quantitative estimate of drug-likeness (QED) is 0.373. The molecule has 0 saturated carbocycles. The molecule has 0 spiro atoms. The fourth-order valence-electron chi connectivity index (χ4n) is 4.82. The second-order valence-corrected chi connectivity index (χ2v) is 10.3. The predicted molar refractivity (Wildman–Crippen MR) is 154 cm³/mol. The van der Waals surface area contributed by atoms with Crippen LogP contribution in [0.2, 0.25) is 0 Å². The molecule has 0 saturated heterocycles. The van der Waals surface area contributed by atoms with Crippen LogP contribution in [0, 0.1) is 6.92 Å². The van der Waals surface area contributed by atoms with Crippen LogP contribution in [0.1, 0.15) is 49.0 Å². The topological polar surface area (TPSA) is 73.8 Å². The van der Waals surface area contributed by atoms with E-state index in [1.165, 1.54) is 11.8 Å². The van der Waals surface area contributed by atoms with Gasteiger partial charge in [-0.05, 0) is 49.4 Å². The van der Waals surface area contributed by atoms with Crippen LogP contribution in [0.4, 0.5) is 5.69 Å². The van der Waals surface area contributed by atoms with E-state index in [9.17, 15) is 9.59 Å². The van der Waals surface area contributed by atoms with Crippen molar-refractivity contribution >= 4 is 34.4 Å². The molecule has 0 aliphatic carbocycles. The van der Waals surface area contributed by atoms with Crippen molar-refractivity contribution in [3.8, 4) is 0 Å². The van der Waals surface area contributed by atoms with Gasteiger partial charge in [0, 0.05) is 11.4 Å². The summed E-state index contributed by atoms with van der Waals surface area (Å²) in [4.78, 5) is 33.7. The highest BCUT2D eigenvalue weighted by atomic mass is 32.2. The van der Waals surface area contributed by atoms with E-state index in [1.54, 1.807) is 0 Å². The van der Waals surface area contributed by atoms with Gasteiger partial charge >= 0.3 is 0 Å². The number of nitrogens with zero attached hydrogens (tertiary/aromatic N) is 2. The average Bonchev–Trinajstić information content (AvgIpc) is 3.30. The summed E-state index contributed by atoms with van der Waals surface area (Å²) in [6.07, 6.45) is 0.179. The second-order valence-electron chi connectivity index (χ2n) is 9.50. The molecule has 0 bridgehead atoms. The Morgan fingerprint density at radius 3 is 2.39 bits per heavy atom. The Labute approximate surface area is 227 Å². The Morgan fingerprint density at radius 2 is 1.68 bits per heavy atom. The molecule has 6 nitrogen and oxygen atoms in total. The number of hydrogen-bond donors (Lipinski definition) is 2. The molecule has 2 aliphatic rings. The molecule has 7 heteroatoms. The number of nitrogens with one attached hydrogen (secondary N) is 2. The van der Waals surface area contributed by atoms with Gasteiger partial charge in [0.25, 0.3) is 5.91 Å². The number of para-hydroxylation sites is 1. The fourth-order valence-corrected chi connectivity index (χ4v) is 5.78. The number of anilines is 1. The number of fused-ring (bicyclic) bond motifs is 1. The fraction of sp³-hybridized carbons (Fsp3) is 0.194. The van der Waals surface area contributed by atoms with Crippen LogP contribution in [0.15, 0.2) is 112 Å². The number of hydrogen-bond acceptors (Lipinski definition) is 5. The lowest BCUT2D eigenvalue weighted by Crippen LogP contribution is -2.39. The summed E-state index contributed by atoms with van der Waals surface area (Å²) < 4.78 is 0. The second kappa shape index (κ2) is 11.1. The minimum Gasteiger partial charge on any atom is -0.349 e. The molecular weight excluding hydrogens is 492 g/mol. The predicted octanol–water partition coefficient (Wildman–Crippen LogP) is 6.48. The maximum Gasteiger partial charge on any atom is 0.255 e. The SMILES string of the molecule is CC1=C(C(=O)Nc2ccccc2)C(c2cccc(C)c2)N2C(CC(=O)NC(C)c3ccccc3)=CSC2=N1. The van der Waals surface area contributed by atoms with Gasteiger partial charge in [-0.1, -0.05) is 90.1 Å². The summed E-state index contributed by atoms with van der Waals surface area (Å²) in [7, 11) is 0. The summed E-state index contributed by atoms with van der Waals surface area (Å²) in [5.41, 5.74) is 5.88. The Bertz CT molecular complexity index is 1450. The lowest BCUT2D eigenvalue weighted by molar-refractivity contribution is -0.121. The Kier molecular flexibility index (Phi) is 7.47. The van der Waals surface area contributed by atoms with Crippen LogP contribution < -0.4 is 10.6 Å². The Balaban J connectivity index is 1.44. The van der Waals surface area contributed by atoms with Crippen LogP contribution in [0.25, 0.3) is 0 Å². The van der Waals surface area contributed by atoms with Gasteiger partial charge in [0.05, 0.1) is 29.8 Å². The number of carbonyl (C=O) groups excluding carboxylic acids is 2. The maximum atomic E-state index is 13.7. The number of carbonyl (C=O) groups is 2. The Hall–Kier alpha value is -4.10. The monoisotopic (exact) mass is 522 g/mol. The van der Waals surface area contributed by atoms with E-state index in [0.717, 1.165) is 33.2 Å². The number of allylic oxidation sites excluding steroid dienone is 1. The van der Waals surface area contributed by atoms with Gasteiger partial charge in [-0.15, -0.1) is 0 Å². The summed E-state index contributed by atoms with van der Waals surface area (Å²) in [6.45, 7) is 5.89. The van der Waals surface area contributed by atoms with E-state index in [2.05, 4.69) is 16.7 Å². The summed E-state index contributed by atoms with van der Waals surface area (Å²) in [5, 5.41) is 8.89. The summed E-state index contributed by atoms with van der Waals surface area (Å²) >= 11 is 1.48. The van der Waals surface area contributed by atoms with E-state index < -0.39 is 6.04 Å². The molecular formula is C31H30N4O2S. The third-order valence-corrected chi connectivity index (χ3v) is 7.54. The number of amides is 2. The highest BCUT2D eigenvalue weighted by Crippen LogP contribution is 2.45. The van der Waals surface area contributed by atoms with Crippen molar-refractivity contribution < 1.29 is 9.59 Å². The van der Waals surface area contributed by atoms with Crippen LogP contribution >= 0.6 is 11.8 Å². The normalized spacial score (nSPS) is 17.3. The largest absolute Gasteiger partial charge is 0.349 e. The minimum absolute atomic E-state index is 0.0843. The zero-order valence-electron chi connectivity index (χ0n) is 21.6. The van der Waals surface area contributed by atoms with Crippen molar-refractivity contribution in [2.75, 3.05) is 5.32 Å². The number of aliphatic imine (C=N–C) groups is 1. The van der Waals surface area contributed by atoms with Gasteiger partial charge in [0.1, 0.15) is 0 Å². The van der Waals surface area contributed by atoms with E-state index in [1.807, 2.05) is 110 Å². The minimum atomic E-state index is -0.410. The van der Waals surface area contributed by atoms with Crippen LogP contribution in [-0.4, -0.2) is 21.9 Å². The molecule has 0 fully saturated rings. The highest BCUT2D eigenvalue weighted by Gasteiger charge is 2.40. The van der Waals surface area contributed by atoms with E-state index in [4.69, 9.17) is 4.99 Å². The first-order valence-electron chi connectivity index (χ1n) is 12.6. The third-order valence-electron chi connectivity index (χ3n) is 6.65. The number of aryl methyl sites for hydroxylation is 1. The van der Waals surface area contributed by atoms with Crippen molar-refractivity contribution in [2.24, 2.45) is 4.99 Å². The first kappa shape index (κ1) is 25.5. The molecule has 2 heterocycles. The van der Waals surface area contributed by atoms with Crippen molar-refractivity contribution in [1.82, 2.24) is 10.2 Å². The van der Waals surface area contributed by atoms with Gasteiger partial charge in [0.2, 0.25) is 5.91 Å². The molecule has 2 atom stereocenters. The van der Waals surface area contributed by atoms with Crippen molar-refractivity contribution in [1.29, 1.82) is 0 Å². The molecule has 5 rings (SSSR count). The van der Waals surface area contributed by atoms with Crippen LogP contribution in [-0.2, 0) is 9.59 Å². The average molecular weight is 523 g/mol. The van der Waals surface area contributed by atoms with Crippen molar-refractivity contribution in [3.05, 3.63) is 124 Å². The highest BCUT2D eigenvalue weighted by molar-refractivity contribution is 8.16. The van der Waals surface area contributed by atoms with Crippen molar-refractivity contribution in [2.45, 2.75) is 39.3 Å². The molecule has 0 aromatic heterocycles. The van der Waals surface area contributed by atoms with E-state index >= 15 is 0 Å². The number of thioether (sulfide) groups is 1. The van der Waals surface area contributed by atoms with E-state index in [-0.39, 0.29) is 24.3 Å². The van der Waals surface area contributed by atoms with Gasteiger partial charge < -0.3 is 15.5 Å². The lowest BCUT2D eigenvalue weighted by atomic mass is 9.92. The number of rotatable bonds is 7. The molecule has 3 aromatic carbocycles. The smallest absolute Gasteiger partial charge is 0.255 e. The Morgan fingerprint density at radius 1 is 0.974 bits per heavy atom. The van der Waals surface area contributed by atoms with Gasteiger partial charge in [0.15, 0.2) is 5.17 Å². The van der Waals surface area contributed by atoms with Crippen LogP contribution in [0.3, 0.4) is 0 Å². The van der Waals surface area contributed by atoms with Gasteiger partial charge in [-0.2, -0.15) is 0 Å². The zero-order valence-corrected chi connectivity index (χ0v) is 22.5. The lowest BCUT2D eigenvalue weighted by Gasteiger charge is -2.37. The van der Waals surface area contributed by atoms with E-state index in [0.29, 0.717) is 11.3 Å². The molecule has 2 N–H and O–H groups in total. The summed E-state index contributed by atoms with van der Waals surface area (Å²) in [6, 6.07) is 26.9. The van der Waals surface area contributed by atoms with Crippen LogP contribution in [0.5, 0.6) is 0 Å². The molecule has 2 amide bonds.